The van der Waals surface area contributed by atoms with Crippen LogP contribution < -0.4 is 0 Å². The van der Waals surface area contributed by atoms with Crippen LogP contribution in [0.5, 0.6) is 0 Å². The van der Waals surface area contributed by atoms with Gasteiger partial charge in [0.2, 0.25) is 5.71 Å². The van der Waals surface area contributed by atoms with Crippen molar-refractivity contribution in [3.05, 3.63) is 94.9 Å². The topological polar surface area (TPSA) is 76.2 Å². The molecule has 5 nitrogen and oxygen atoms in total. The molecule has 0 aliphatic rings. The smallest absolute Gasteiger partial charge is 0.216 e. The van der Waals surface area contributed by atoms with Crippen molar-refractivity contribution in [2.75, 3.05) is 0 Å². The number of fused-ring (bicyclic) bond motifs is 4. The molecule has 1 N–H and O–H groups in total. The number of aliphatic hydroxyl groups excluding tert-OH is 1. The monoisotopic (exact) mass is 768 g/mol. The van der Waals surface area contributed by atoms with Gasteiger partial charge in [0.1, 0.15) is 0 Å². The third-order valence-electron chi connectivity index (χ3n) is 7.12. The van der Waals surface area contributed by atoms with Crippen molar-refractivity contribution in [1.29, 1.82) is 0 Å². The second-order valence-electron chi connectivity index (χ2n) is 11.8. The number of carbonyl (C=O) groups excluding carboxylic acids is 1. The molecule has 6 rings (SSSR count). The number of aryl methyl sites for hydroxylation is 3. The molecular formula is C36H35IrN2O3S-. The Morgan fingerprint density at radius 1 is 0.953 bits per heavy atom. The van der Waals surface area contributed by atoms with Crippen LogP contribution >= 0.6 is 11.3 Å². The molecule has 0 saturated carbocycles. The molecule has 43 heavy (non-hydrogen) atoms. The van der Waals surface area contributed by atoms with Crippen molar-refractivity contribution in [1.82, 2.24) is 9.97 Å². The normalized spacial score (nSPS) is 11.9. The number of hydrogen-bond acceptors (Lipinski definition) is 6. The first-order valence-corrected chi connectivity index (χ1v) is 14.7. The second-order valence-corrected chi connectivity index (χ2v) is 12.9. The van der Waals surface area contributed by atoms with E-state index >= 15 is 0 Å². The third-order valence-corrected chi connectivity index (χ3v) is 8.23. The number of furan rings is 1. The van der Waals surface area contributed by atoms with E-state index < -0.39 is 0 Å². The summed E-state index contributed by atoms with van der Waals surface area (Å²) in [7, 11) is 0. The Balaban J connectivity index is 0.000000475. The first kappa shape index (κ1) is 32.3. The fourth-order valence-corrected chi connectivity index (χ4v) is 6.35. The zero-order chi connectivity index (χ0) is 30.3. The van der Waals surface area contributed by atoms with Crippen molar-refractivity contribution < 1.29 is 34.4 Å². The van der Waals surface area contributed by atoms with Gasteiger partial charge in [-0.15, -0.1) is 29.5 Å². The number of allylic oxidation sites excluding steroid dienone is 2. The maximum atomic E-state index is 10.0. The molecule has 0 spiro atoms. The molecule has 6 aromatic rings. The molecule has 0 unspecified atom stereocenters. The Kier molecular flexibility index (Phi) is 9.41. The number of hydrogen-bond donors (Lipinski definition) is 1. The predicted molar refractivity (Wildman–Crippen MR) is 174 cm³/mol. The van der Waals surface area contributed by atoms with Crippen LogP contribution in [0.15, 0.2) is 70.8 Å². The minimum absolute atomic E-state index is 0. The van der Waals surface area contributed by atoms with Gasteiger partial charge in [-0.05, 0) is 92.2 Å². The van der Waals surface area contributed by atoms with Crippen LogP contribution in [0.2, 0.25) is 0 Å². The van der Waals surface area contributed by atoms with E-state index in [4.69, 9.17) is 14.5 Å². The Bertz CT molecular complexity index is 1980. The molecule has 1 radical (unpaired) electrons. The average molecular weight is 768 g/mol. The van der Waals surface area contributed by atoms with Crippen molar-refractivity contribution in [2.24, 2.45) is 0 Å². The van der Waals surface area contributed by atoms with Crippen LogP contribution in [-0.2, 0) is 30.3 Å². The SMILES string of the molecule is CC(=O)/C=C(/C)O.Cc1ccc2c(n1)oc1c(-c3ccc4sc(-c5c(C)cc(C(C)(C)C)cc5C)cc4n3)[c-]ccc12.[Ir]. The summed E-state index contributed by atoms with van der Waals surface area (Å²) in [5.41, 5.74) is 10.5. The Labute approximate surface area is 270 Å². The Hall–Kier alpha value is -3.64. The van der Waals surface area contributed by atoms with Gasteiger partial charge in [0, 0.05) is 42.1 Å². The second kappa shape index (κ2) is 12.5. The molecule has 2 aromatic carbocycles. The first-order valence-electron chi connectivity index (χ1n) is 13.9. The zero-order valence-corrected chi connectivity index (χ0v) is 28.9. The Morgan fingerprint density at radius 2 is 1.65 bits per heavy atom. The number of thiophene rings is 1. The first-order chi connectivity index (χ1) is 19.8. The van der Waals surface area contributed by atoms with E-state index in [1.165, 1.54) is 51.8 Å². The van der Waals surface area contributed by atoms with E-state index in [1.807, 2.05) is 25.1 Å². The molecule has 4 heterocycles. The van der Waals surface area contributed by atoms with Gasteiger partial charge in [0.05, 0.1) is 21.6 Å². The van der Waals surface area contributed by atoms with Gasteiger partial charge in [0.15, 0.2) is 5.78 Å². The van der Waals surface area contributed by atoms with E-state index in [0.29, 0.717) is 5.71 Å². The summed E-state index contributed by atoms with van der Waals surface area (Å²) in [5, 5.41) is 10.4. The number of pyridine rings is 2. The number of nitrogens with zero attached hydrogens (tertiary/aromatic N) is 2. The van der Waals surface area contributed by atoms with E-state index in [2.05, 4.69) is 82.1 Å². The number of rotatable bonds is 3. The Morgan fingerprint density at radius 3 is 2.26 bits per heavy atom. The summed E-state index contributed by atoms with van der Waals surface area (Å²) in [6.07, 6.45) is 1.17. The summed E-state index contributed by atoms with van der Waals surface area (Å²) in [6, 6.07) is 22.6. The summed E-state index contributed by atoms with van der Waals surface area (Å²) in [4.78, 5) is 20.9. The number of aliphatic hydroxyl groups is 1. The van der Waals surface area contributed by atoms with Crippen LogP contribution in [0.4, 0.5) is 0 Å². The maximum absolute atomic E-state index is 10.0. The van der Waals surface area contributed by atoms with Crippen LogP contribution in [0, 0.1) is 26.8 Å². The summed E-state index contributed by atoms with van der Waals surface area (Å²) in [5.74, 6) is -0.0625. The molecule has 223 valence electrons. The van der Waals surface area contributed by atoms with Crippen LogP contribution in [0.1, 0.15) is 57.0 Å². The molecule has 0 bridgehead atoms. The van der Waals surface area contributed by atoms with Crippen LogP contribution in [0.3, 0.4) is 0 Å². The number of aromatic nitrogens is 2. The fourth-order valence-electron chi connectivity index (χ4n) is 5.17. The summed E-state index contributed by atoms with van der Waals surface area (Å²) < 4.78 is 7.37. The van der Waals surface area contributed by atoms with Gasteiger partial charge in [-0.25, -0.2) is 4.98 Å². The van der Waals surface area contributed by atoms with E-state index in [9.17, 15) is 4.79 Å². The molecule has 0 saturated heterocycles. The van der Waals surface area contributed by atoms with Crippen LogP contribution in [-0.4, -0.2) is 20.9 Å². The fraction of sp³-hybridized carbons (Fsp3) is 0.250. The minimum Gasteiger partial charge on any atom is -0.512 e. The van der Waals surface area contributed by atoms with Crippen LogP contribution in [0.25, 0.3) is 54.0 Å². The van der Waals surface area contributed by atoms with E-state index in [0.717, 1.165) is 38.8 Å². The van der Waals surface area contributed by atoms with Gasteiger partial charge in [-0.2, -0.15) is 0 Å². The summed E-state index contributed by atoms with van der Waals surface area (Å²) >= 11 is 1.80. The van der Waals surface area contributed by atoms with E-state index in [-0.39, 0.29) is 37.1 Å². The van der Waals surface area contributed by atoms with Gasteiger partial charge in [-0.1, -0.05) is 49.9 Å². The quantitative estimate of drug-likeness (QED) is 0.110. The van der Waals surface area contributed by atoms with Crippen molar-refractivity contribution in [3.8, 4) is 21.7 Å². The molecule has 0 fully saturated rings. The van der Waals surface area contributed by atoms with Gasteiger partial charge in [0.25, 0.3) is 0 Å². The molecule has 0 aliphatic heterocycles. The average Bonchev–Trinajstić information content (AvgIpc) is 3.47. The molecular weight excluding hydrogens is 733 g/mol. The zero-order valence-electron chi connectivity index (χ0n) is 25.7. The maximum Gasteiger partial charge on any atom is 0.216 e. The largest absolute Gasteiger partial charge is 0.512 e. The van der Waals surface area contributed by atoms with Crippen molar-refractivity contribution >= 4 is 49.4 Å². The van der Waals surface area contributed by atoms with Gasteiger partial charge < -0.3 is 9.52 Å². The van der Waals surface area contributed by atoms with Gasteiger partial charge in [-0.3, -0.25) is 9.78 Å². The summed E-state index contributed by atoms with van der Waals surface area (Å²) in [6.45, 7) is 16.1. The molecule has 0 amide bonds. The van der Waals surface area contributed by atoms with E-state index in [1.54, 1.807) is 11.3 Å². The molecule has 7 heteroatoms. The number of benzene rings is 2. The minimum atomic E-state index is -0.125. The number of ketones is 1. The third kappa shape index (κ3) is 6.80. The molecule has 0 atom stereocenters. The van der Waals surface area contributed by atoms with Gasteiger partial charge >= 0.3 is 0 Å². The van der Waals surface area contributed by atoms with Crippen molar-refractivity contribution in [2.45, 2.75) is 60.8 Å². The number of carbonyl (C=O) groups is 1. The molecule has 4 aromatic heterocycles. The van der Waals surface area contributed by atoms with Crippen molar-refractivity contribution in [3.63, 3.8) is 0 Å². The standard InChI is InChI=1S/C31H27N2OS.C5H8O2.Ir/c1-17-14-20(31(4,5)6)15-18(2)28(17)27-16-25-26(35-27)13-12-24(33-25)23-9-7-8-21-22-11-10-19(3)32-30(22)34-29(21)23;1-4(6)3-5(2)7;/h7-8,10-16H,1-6H3;3,6H,1-2H3;/q-1;;/b;4-3-;. The predicted octanol–water partition coefficient (Wildman–Crippen LogP) is 9.98. The molecule has 0 aliphatic carbocycles.